The lowest BCUT2D eigenvalue weighted by atomic mass is 9.97. The lowest BCUT2D eigenvalue weighted by Gasteiger charge is -2.13. The third kappa shape index (κ3) is 3.59. The van der Waals surface area contributed by atoms with E-state index in [1.165, 1.54) is 25.5 Å². The summed E-state index contributed by atoms with van der Waals surface area (Å²) in [7, 11) is 1.48. The Hall–Kier alpha value is -1.85. The lowest BCUT2D eigenvalue weighted by Crippen LogP contribution is -2.31. The Kier molecular flexibility index (Phi) is 4.76. The van der Waals surface area contributed by atoms with Crippen molar-refractivity contribution >= 4 is 17.7 Å². The highest BCUT2D eigenvalue weighted by atomic mass is 16.2. The molecule has 0 bridgehead atoms. The Morgan fingerprint density at radius 3 is 2.85 bits per heavy atom. The van der Waals surface area contributed by atoms with Gasteiger partial charge in [-0.3, -0.25) is 24.8 Å². The van der Waals surface area contributed by atoms with Gasteiger partial charge in [0.25, 0.3) is 11.8 Å². The second kappa shape index (κ2) is 6.54. The molecule has 1 unspecified atom stereocenters. The van der Waals surface area contributed by atoms with E-state index in [1.54, 1.807) is 0 Å². The smallest absolute Gasteiger partial charge is 0.253 e. The SMILES string of the molecule is CN1NC(=O)C(CC(=O)NCCC2=CCCCC2)C1=O. The van der Waals surface area contributed by atoms with E-state index in [4.69, 9.17) is 0 Å². The summed E-state index contributed by atoms with van der Waals surface area (Å²) in [4.78, 5) is 34.9. The average Bonchev–Trinajstić information content (AvgIpc) is 2.67. The quantitative estimate of drug-likeness (QED) is 0.568. The van der Waals surface area contributed by atoms with Crippen molar-refractivity contribution in [2.75, 3.05) is 13.6 Å². The van der Waals surface area contributed by atoms with Crippen molar-refractivity contribution in [3.63, 3.8) is 0 Å². The van der Waals surface area contributed by atoms with Crippen LogP contribution in [0, 0.1) is 5.92 Å². The van der Waals surface area contributed by atoms with E-state index in [0.717, 1.165) is 24.3 Å². The van der Waals surface area contributed by atoms with Gasteiger partial charge in [-0.15, -0.1) is 0 Å². The monoisotopic (exact) mass is 279 g/mol. The zero-order chi connectivity index (χ0) is 14.5. The zero-order valence-electron chi connectivity index (χ0n) is 11.8. The third-order valence-electron chi connectivity index (χ3n) is 3.77. The minimum atomic E-state index is -0.881. The van der Waals surface area contributed by atoms with Crippen LogP contribution in [-0.4, -0.2) is 36.3 Å². The van der Waals surface area contributed by atoms with E-state index in [0.29, 0.717) is 6.54 Å². The Morgan fingerprint density at radius 1 is 1.45 bits per heavy atom. The summed E-state index contributed by atoms with van der Waals surface area (Å²) >= 11 is 0. The van der Waals surface area contributed by atoms with Crippen molar-refractivity contribution in [3.05, 3.63) is 11.6 Å². The number of allylic oxidation sites excluding steroid dienone is 1. The van der Waals surface area contributed by atoms with E-state index in [-0.39, 0.29) is 18.2 Å². The van der Waals surface area contributed by atoms with E-state index in [1.807, 2.05) is 0 Å². The maximum Gasteiger partial charge on any atom is 0.253 e. The Balaban J connectivity index is 1.71. The molecule has 0 aromatic carbocycles. The number of hydrogen-bond donors (Lipinski definition) is 2. The number of amides is 3. The molecule has 0 radical (unpaired) electrons. The minimum Gasteiger partial charge on any atom is -0.356 e. The molecule has 110 valence electrons. The number of rotatable bonds is 5. The molecular weight excluding hydrogens is 258 g/mol. The van der Waals surface area contributed by atoms with Crippen LogP contribution in [0.3, 0.4) is 0 Å². The molecule has 2 aliphatic rings. The van der Waals surface area contributed by atoms with Crippen LogP contribution in [0.25, 0.3) is 0 Å². The van der Waals surface area contributed by atoms with Crippen molar-refractivity contribution < 1.29 is 14.4 Å². The second-order valence-corrected chi connectivity index (χ2v) is 5.34. The van der Waals surface area contributed by atoms with Crippen LogP contribution in [0.5, 0.6) is 0 Å². The first-order chi connectivity index (χ1) is 9.58. The molecule has 0 saturated carbocycles. The molecule has 0 spiro atoms. The summed E-state index contributed by atoms with van der Waals surface area (Å²) in [5, 5.41) is 3.91. The van der Waals surface area contributed by atoms with E-state index < -0.39 is 11.8 Å². The van der Waals surface area contributed by atoms with Gasteiger partial charge in [-0.25, -0.2) is 0 Å². The number of nitrogens with one attached hydrogen (secondary N) is 2. The predicted molar refractivity (Wildman–Crippen MR) is 73.2 cm³/mol. The molecule has 1 atom stereocenters. The molecular formula is C14H21N3O3. The van der Waals surface area contributed by atoms with Gasteiger partial charge in [-0.1, -0.05) is 11.6 Å². The Morgan fingerprint density at radius 2 is 2.25 bits per heavy atom. The molecule has 0 aromatic rings. The van der Waals surface area contributed by atoms with Crippen LogP contribution >= 0.6 is 0 Å². The molecule has 2 rings (SSSR count). The number of hydrogen-bond acceptors (Lipinski definition) is 3. The van der Waals surface area contributed by atoms with Crippen LogP contribution in [0.4, 0.5) is 0 Å². The van der Waals surface area contributed by atoms with Crippen LogP contribution in [0.1, 0.15) is 38.5 Å². The number of carbonyl (C=O) groups is 3. The van der Waals surface area contributed by atoms with Gasteiger partial charge in [0.05, 0.1) is 0 Å². The number of hydrazine groups is 1. The standard InChI is InChI=1S/C14H21N3O3/c1-17-14(20)11(13(19)16-17)9-12(18)15-8-7-10-5-3-2-4-6-10/h5,11H,2-4,6-9H2,1H3,(H,15,18)(H,16,19). The van der Waals surface area contributed by atoms with E-state index in [9.17, 15) is 14.4 Å². The zero-order valence-corrected chi connectivity index (χ0v) is 11.8. The van der Waals surface area contributed by atoms with Gasteiger partial charge in [-0.2, -0.15) is 0 Å². The predicted octanol–water partition coefficient (Wildman–Crippen LogP) is 0.503. The molecule has 2 N–H and O–H groups in total. The largest absolute Gasteiger partial charge is 0.356 e. The van der Waals surface area contributed by atoms with Gasteiger partial charge in [0.15, 0.2) is 0 Å². The molecule has 1 aliphatic carbocycles. The lowest BCUT2D eigenvalue weighted by molar-refractivity contribution is -0.135. The molecule has 6 nitrogen and oxygen atoms in total. The fourth-order valence-corrected chi connectivity index (χ4v) is 2.58. The molecule has 1 fully saturated rings. The normalized spacial score (nSPS) is 22.6. The second-order valence-electron chi connectivity index (χ2n) is 5.34. The topological polar surface area (TPSA) is 78.5 Å². The molecule has 3 amide bonds. The van der Waals surface area contributed by atoms with Gasteiger partial charge in [-0.05, 0) is 32.1 Å². The molecule has 1 heterocycles. The molecule has 6 heteroatoms. The van der Waals surface area contributed by atoms with Gasteiger partial charge in [0, 0.05) is 20.0 Å². The fourth-order valence-electron chi connectivity index (χ4n) is 2.58. The Bertz CT molecular complexity index is 445. The summed E-state index contributed by atoms with van der Waals surface area (Å²) in [6, 6.07) is 0. The Labute approximate surface area is 118 Å². The molecule has 1 aliphatic heterocycles. The average molecular weight is 279 g/mol. The fraction of sp³-hybridized carbons (Fsp3) is 0.643. The first-order valence-corrected chi connectivity index (χ1v) is 7.10. The van der Waals surface area contributed by atoms with E-state index >= 15 is 0 Å². The van der Waals surface area contributed by atoms with Crippen molar-refractivity contribution in [3.8, 4) is 0 Å². The summed E-state index contributed by atoms with van der Waals surface area (Å²) in [5.41, 5.74) is 3.78. The third-order valence-corrected chi connectivity index (χ3v) is 3.77. The minimum absolute atomic E-state index is 0.0753. The summed E-state index contributed by atoms with van der Waals surface area (Å²) in [6.45, 7) is 0.572. The maximum atomic E-state index is 11.8. The summed E-state index contributed by atoms with van der Waals surface area (Å²) in [6.07, 6.45) is 7.75. The van der Waals surface area contributed by atoms with Crippen LogP contribution in [0.2, 0.25) is 0 Å². The van der Waals surface area contributed by atoms with Crippen LogP contribution in [0.15, 0.2) is 11.6 Å². The van der Waals surface area contributed by atoms with Crippen molar-refractivity contribution in [2.24, 2.45) is 5.92 Å². The van der Waals surface area contributed by atoms with Crippen molar-refractivity contribution in [1.29, 1.82) is 0 Å². The maximum absolute atomic E-state index is 11.8. The van der Waals surface area contributed by atoms with Crippen molar-refractivity contribution in [1.82, 2.24) is 15.8 Å². The number of carbonyl (C=O) groups excluding carboxylic acids is 3. The van der Waals surface area contributed by atoms with Gasteiger partial charge >= 0.3 is 0 Å². The highest BCUT2D eigenvalue weighted by Crippen LogP contribution is 2.19. The van der Waals surface area contributed by atoms with Crippen molar-refractivity contribution in [2.45, 2.75) is 38.5 Å². The van der Waals surface area contributed by atoms with E-state index in [2.05, 4.69) is 16.8 Å². The summed E-state index contributed by atoms with van der Waals surface area (Å²) < 4.78 is 0. The highest BCUT2D eigenvalue weighted by molar-refractivity contribution is 6.07. The molecule has 0 aromatic heterocycles. The first-order valence-electron chi connectivity index (χ1n) is 7.10. The highest BCUT2D eigenvalue weighted by Gasteiger charge is 2.38. The van der Waals surface area contributed by atoms with Crippen LogP contribution < -0.4 is 10.7 Å². The van der Waals surface area contributed by atoms with Gasteiger partial charge in [0.2, 0.25) is 5.91 Å². The van der Waals surface area contributed by atoms with Gasteiger partial charge in [0.1, 0.15) is 5.92 Å². The number of nitrogens with zero attached hydrogens (tertiary/aromatic N) is 1. The molecule has 20 heavy (non-hydrogen) atoms. The first kappa shape index (κ1) is 14.6. The molecule has 1 saturated heterocycles. The summed E-state index contributed by atoms with van der Waals surface area (Å²) in [5.74, 6) is -1.87. The van der Waals surface area contributed by atoms with Gasteiger partial charge < -0.3 is 5.32 Å². The van der Waals surface area contributed by atoms with Crippen LogP contribution in [-0.2, 0) is 14.4 Å².